The fourth-order valence-corrected chi connectivity index (χ4v) is 3.49. The van der Waals surface area contributed by atoms with Gasteiger partial charge < -0.3 is 11.1 Å². The van der Waals surface area contributed by atoms with Crippen LogP contribution >= 0.6 is 0 Å². The molecular formula is C32H66N2O3. The summed E-state index contributed by atoms with van der Waals surface area (Å²) < 4.78 is 0. The lowest BCUT2D eigenvalue weighted by Crippen LogP contribution is -2.29. The first-order valence-electron chi connectivity index (χ1n) is 15.5. The van der Waals surface area contributed by atoms with E-state index in [0.29, 0.717) is 5.92 Å². The van der Waals surface area contributed by atoms with Gasteiger partial charge in [0.05, 0.1) is 6.54 Å². The molecule has 5 heteroatoms. The Hall–Kier alpha value is -1.39. The number of primary amides is 1. The molecule has 0 heterocycles. The van der Waals surface area contributed by atoms with Crippen LogP contribution in [-0.2, 0) is 14.4 Å². The monoisotopic (exact) mass is 527 g/mol. The molecule has 3 N–H and O–H groups in total. The second kappa shape index (κ2) is 27.6. The molecule has 0 spiro atoms. The van der Waals surface area contributed by atoms with Crippen LogP contribution in [0, 0.1) is 29.6 Å². The van der Waals surface area contributed by atoms with Crippen molar-refractivity contribution in [1.29, 1.82) is 0 Å². The molecule has 2 amide bonds. The number of rotatable bonds is 11. The fourth-order valence-electron chi connectivity index (χ4n) is 3.49. The minimum atomic E-state index is -0.117. The summed E-state index contributed by atoms with van der Waals surface area (Å²) in [5.41, 5.74) is 5.34. The average molecular weight is 527 g/mol. The van der Waals surface area contributed by atoms with Crippen LogP contribution in [0.15, 0.2) is 0 Å². The maximum Gasteiger partial charge on any atom is 0.223 e. The number of nitrogens with one attached hydrogen (secondary N) is 1. The average Bonchev–Trinajstić information content (AvgIpc) is 3.73. The Morgan fingerprint density at radius 2 is 1.41 bits per heavy atom. The zero-order valence-electron chi connectivity index (χ0n) is 26.6. The molecule has 2 aliphatic carbocycles. The summed E-state index contributed by atoms with van der Waals surface area (Å²) in [6, 6.07) is 0. The molecule has 0 aromatic rings. The van der Waals surface area contributed by atoms with E-state index in [1.807, 2.05) is 13.8 Å². The van der Waals surface area contributed by atoms with E-state index in [1.165, 1.54) is 45.4 Å². The number of Topliss-reactive ketones (excluding diaryl/α,β-unsaturated/α-hetero) is 1. The summed E-state index contributed by atoms with van der Waals surface area (Å²) in [5, 5.41) is 2.56. The molecule has 222 valence electrons. The fraction of sp³-hybridized carbons (Fsp3) is 0.906. The first-order valence-corrected chi connectivity index (χ1v) is 15.5. The Kier molecular flexibility index (Phi) is 30.0. The lowest BCUT2D eigenvalue weighted by molar-refractivity contribution is -0.125. The van der Waals surface area contributed by atoms with E-state index in [-0.39, 0.29) is 36.0 Å². The molecule has 2 aliphatic rings. The molecule has 0 radical (unpaired) electrons. The van der Waals surface area contributed by atoms with Gasteiger partial charge in [-0.25, -0.2) is 0 Å². The second-order valence-corrected chi connectivity index (χ2v) is 11.2. The van der Waals surface area contributed by atoms with Gasteiger partial charge in [0.2, 0.25) is 11.8 Å². The van der Waals surface area contributed by atoms with Crippen LogP contribution in [0.5, 0.6) is 0 Å². The number of carbonyl (C=O) groups excluding carboxylic acids is 3. The van der Waals surface area contributed by atoms with Crippen molar-refractivity contribution < 1.29 is 14.4 Å². The summed E-state index contributed by atoms with van der Waals surface area (Å²) in [7, 11) is 0. The topological polar surface area (TPSA) is 89.3 Å². The van der Waals surface area contributed by atoms with Crippen molar-refractivity contribution in [2.45, 2.75) is 153 Å². The van der Waals surface area contributed by atoms with E-state index in [4.69, 9.17) is 5.73 Å². The summed E-state index contributed by atoms with van der Waals surface area (Å²) in [4.78, 5) is 32.3. The molecule has 0 aliphatic heterocycles. The largest absolute Gasteiger partial charge is 0.369 e. The van der Waals surface area contributed by atoms with Crippen LogP contribution in [0.3, 0.4) is 0 Å². The molecule has 0 aromatic carbocycles. The maximum absolute atomic E-state index is 11.1. The Morgan fingerprint density at radius 1 is 0.892 bits per heavy atom. The molecule has 0 aromatic heterocycles. The smallest absolute Gasteiger partial charge is 0.223 e. The van der Waals surface area contributed by atoms with Gasteiger partial charge in [0.25, 0.3) is 0 Å². The van der Waals surface area contributed by atoms with E-state index in [0.717, 1.165) is 56.8 Å². The highest BCUT2D eigenvalue weighted by Gasteiger charge is 2.29. The van der Waals surface area contributed by atoms with Crippen molar-refractivity contribution in [2.75, 3.05) is 6.54 Å². The number of carbonyl (C=O) groups is 3. The highest BCUT2D eigenvalue weighted by Crippen LogP contribution is 2.28. The maximum atomic E-state index is 11.1. The summed E-state index contributed by atoms with van der Waals surface area (Å²) in [6.07, 6.45) is 16.0. The molecule has 0 saturated heterocycles. The van der Waals surface area contributed by atoms with Crippen molar-refractivity contribution >= 4 is 17.6 Å². The Morgan fingerprint density at radius 3 is 1.70 bits per heavy atom. The zero-order chi connectivity index (χ0) is 29.2. The number of ketones is 1. The third-order valence-corrected chi connectivity index (χ3v) is 6.86. The number of unbranched alkanes of at least 4 members (excludes halogenated alkanes) is 1. The number of hydrogen-bond donors (Lipinski definition) is 2. The first kappa shape index (κ1) is 40.1. The SMILES string of the molecule is CC.CC(=O)CNC(=O)C1CC1.CC1CCCCC1.CCC(C)C.CCCCC(CC(C)CC)C(N)=O. The molecule has 2 atom stereocenters. The van der Waals surface area contributed by atoms with Crippen LogP contribution in [0.4, 0.5) is 0 Å². The predicted octanol–water partition coefficient (Wildman–Crippen LogP) is 8.48. The van der Waals surface area contributed by atoms with Crippen LogP contribution < -0.4 is 11.1 Å². The van der Waals surface area contributed by atoms with Crippen molar-refractivity contribution in [2.24, 2.45) is 35.3 Å². The molecule has 5 nitrogen and oxygen atoms in total. The molecule has 37 heavy (non-hydrogen) atoms. The Bertz CT molecular complexity index is 538. The van der Waals surface area contributed by atoms with E-state index in [1.54, 1.807) is 0 Å². The van der Waals surface area contributed by atoms with Gasteiger partial charge in [0.1, 0.15) is 5.78 Å². The van der Waals surface area contributed by atoms with Gasteiger partial charge in [-0.15, -0.1) is 0 Å². The lowest BCUT2D eigenvalue weighted by Gasteiger charge is -2.16. The van der Waals surface area contributed by atoms with E-state index >= 15 is 0 Å². The third-order valence-electron chi connectivity index (χ3n) is 6.86. The molecule has 2 fully saturated rings. The zero-order valence-corrected chi connectivity index (χ0v) is 26.6. The second-order valence-electron chi connectivity index (χ2n) is 11.2. The van der Waals surface area contributed by atoms with Crippen molar-refractivity contribution in [3.63, 3.8) is 0 Å². The Labute approximate surface area is 231 Å². The number of hydrogen-bond acceptors (Lipinski definition) is 3. The van der Waals surface area contributed by atoms with Crippen LogP contribution in [0.25, 0.3) is 0 Å². The summed E-state index contributed by atoms with van der Waals surface area (Å²) >= 11 is 0. The molecular weight excluding hydrogens is 460 g/mol. The van der Waals surface area contributed by atoms with Crippen LogP contribution in [0.1, 0.15) is 153 Å². The van der Waals surface area contributed by atoms with E-state index < -0.39 is 0 Å². The van der Waals surface area contributed by atoms with E-state index in [2.05, 4.69) is 53.8 Å². The minimum absolute atomic E-state index is 0.00833. The van der Waals surface area contributed by atoms with Gasteiger partial charge in [0.15, 0.2) is 0 Å². The Balaban J connectivity index is -0.000000427. The molecule has 2 unspecified atom stereocenters. The van der Waals surface area contributed by atoms with E-state index in [9.17, 15) is 14.4 Å². The number of amides is 2. The highest BCUT2D eigenvalue weighted by atomic mass is 16.2. The van der Waals surface area contributed by atoms with Gasteiger partial charge >= 0.3 is 0 Å². The third kappa shape index (κ3) is 30.7. The van der Waals surface area contributed by atoms with Crippen LogP contribution in [-0.4, -0.2) is 24.1 Å². The first-order chi connectivity index (χ1) is 17.5. The van der Waals surface area contributed by atoms with Crippen molar-refractivity contribution in [3.8, 4) is 0 Å². The molecule has 2 rings (SSSR count). The van der Waals surface area contributed by atoms with Crippen molar-refractivity contribution in [1.82, 2.24) is 5.32 Å². The van der Waals surface area contributed by atoms with Gasteiger partial charge in [-0.3, -0.25) is 14.4 Å². The van der Waals surface area contributed by atoms with Crippen LogP contribution in [0.2, 0.25) is 0 Å². The highest BCUT2D eigenvalue weighted by molar-refractivity contribution is 5.86. The summed E-state index contributed by atoms with van der Waals surface area (Å²) in [5.74, 6) is 2.78. The minimum Gasteiger partial charge on any atom is -0.369 e. The lowest BCUT2D eigenvalue weighted by atomic mass is 9.90. The van der Waals surface area contributed by atoms with Gasteiger partial charge in [-0.1, -0.05) is 120 Å². The van der Waals surface area contributed by atoms with Gasteiger partial charge in [-0.2, -0.15) is 0 Å². The molecule has 0 bridgehead atoms. The quantitative estimate of drug-likeness (QED) is 0.283. The standard InChI is InChI=1S/C11H23NO.C7H11NO2.C7H14.C5H12.C2H6/c1-4-6-7-10(11(12)13)8-9(3)5-2;1-5(9)4-8-7(10)6-2-3-6;1-7-5-3-2-4-6-7;1-4-5(2)3;1-2/h9-10H,4-8H2,1-3H3,(H2,12,13);6H,2-4H2,1H3,(H,8,10);7H,2-6H2,1H3;5H,4H2,1-3H3;1-2H3. The normalized spacial score (nSPS) is 16.1. The molecule has 2 saturated carbocycles. The van der Waals surface area contributed by atoms with Gasteiger partial charge in [-0.05, 0) is 50.4 Å². The number of nitrogens with two attached hydrogens (primary N) is 1. The summed E-state index contributed by atoms with van der Waals surface area (Å²) in [6.45, 7) is 21.1. The van der Waals surface area contributed by atoms with Crippen molar-refractivity contribution in [3.05, 3.63) is 0 Å². The van der Waals surface area contributed by atoms with Gasteiger partial charge in [0, 0.05) is 11.8 Å². The predicted molar refractivity (Wildman–Crippen MR) is 161 cm³/mol.